The molecule has 0 aliphatic heterocycles. The van der Waals surface area contributed by atoms with E-state index in [4.69, 9.17) is 4.74 Å². The van der Waals surface area contributed by atoms with E-state index in [1.54, 1.807) is 7.05 Å². The van der Waals surface area contributed by atoms with Crippen LogP contribution in [0.5, 0.6) is 0 Å². The van der Waals surface area contributed by atoms with Gasteiger partial charge in [0.1, 0.15) is 0 Å². The quantitative estimate of drug-likeness (QED) is 0.405. The fourth-order valence-electron chi connectivity index (χ4n) is 2.03. The lowest BCUT2D eigenvalue weighted by Crippen LogP contribution is -2.40. The zero-order valence-electron chi connectivity index (χ0n) is 15.4. The number of amides is 1. The van der Waals surface area contributed by atoms with Gasteiger partial charge in [-0.15, -0.1) is 0 Å². The van der Waals surface area contributed by atoms with E-state index in [0.717, 1.165) is 5.56 Å². The third-order valence-corrected chi connectivity index (χ3v) is 3.10. The second kappa shape index (κ2) is 9.93. The second-order valence-electron chi connectivity index (χ2n) is 6.45. The maximum atomic E-state index is 12.2. The summed E-state index contributed by atoms with van der Waals surface area (Å²) in [7, 11) is 1.73. The average molecular weight is 334 g/mol. The molecule has 0 saturated heterocycles. The van der Waals surface area contributed by atoms with E-state index in [2.05, 4.69) is 20.9 Å². The van der Waals surface area contributed by atoms with Crippen LogP contribution >= 0.6 is 0 Å². The molecule has 0 heterocycles. The number of carbonyl (C=O) groups is 1. The third kappa shape index (κ3) is 7.97. The van der Waals surface area contributed by atoms with Crippen LogP contribution in [-0.4, -0.2) is 44.2 Å². The summed E-state index contributed by atoms with van der Waals surface area (Å²) in [6, 6.07) is 7.58. The van der Waals surface area contributed by atoms with Gasteiger partial charge in [-0.25, -0.2) is 0 Å². The molecule has 0 spiro atoms. The number of aliphatic imine (C=N–C) groups is 1. The lowest BCUT2D eigenvalue weighted by Gasteiger charge is -2.20. The highest BCUT2D eigenvalue weighted by Gasteiger charge is 2.15. The van der Waals surface area contributed by atoms with E-state index in [1.165, 1.54) is 0 Å². The predicted molar refractivity (Wildman–Crippen MR) is 98.4 cm³/mol. The molecule has 0 aliphatic carbocycles. The van der Waals surface area contributed by atoms with Crippen LogP contribution in [0.25, 0.3) is 0 Å². The van der Waals surface area contributed by atoms with Gasteiger partial charge in [0.2, 0.25) is 0 Å². The predicted octanol–water partition coefficient (Wildman–Crippen LogP) is 1.92. The standard InChI is InChI=1S/C18H30N4O2/c1-6-24-11-10-20-17(19-5)21-13-14-8-7-9-15(12-14)16(23)22-18(2,3)4/h7-9,12H,6,10-11,13H2,1-5H3,(H,22,23)(H2,19,20,21). The van der Waals surface area contributed by atoms with Crippen LogP contribution in [0.2, 0.25) is 0 Å². The van der Waals surface area contributed by atoms with Crippen LogP contribution in [0.4, 0.5) is 0 Å². The summed E-state index contributed by atoms with van der Waals surface area (Å²) in [4.78, 5) is 16.4. The van der Waals surface area contributed by atoms with E-state index >= 15 is 0 Å². The molecular formula is C18H30N4O2. The first-order valence-corrected chi connectivity index (χ1v) is 8.29. The number of ether oxygens (including phenoxy) is 1. The maximum absolute atomic E-state index is 12.2. The molecule has 0 saturated carbocycles. The summed E-state index contributed by atoms with van der Waals surface area (Å²) < 4.78 is 5.28. The van der Waals surface area contributed by atoms with Crippen molar-refractivity contribution in [3.8, 4) is 0 Å². The molecule has 0 bridgehead atoms. The summed E-state index contributed by atoms with van der Waals surface area (Å²) in [5, 5.41) is 9.38. The Balaban J connectivity index is 2.56. The van der Waals surface area contributed by atoms with Crippen molar-refractivity contribution in [3.05, 3.63) is 35.4 Å². The molecule has 0 fully saturated rings. The molecule has 6 heteroatoms. The van der Waals surface area contributed by atoms with Gasteiger partial charge in [0.05, 0.1) is 6.61 Å². The van der Waals surface area contributed by atoms with Gasteiger partial charge in [-0.3, -0.25) is 9.79 Å². The molecule has 6 nitrogen and oxygen atoms in total. The molecule has 0 aromatic heterocycles. The Morgan fingerprint density at radius 3 is 2.62 bits per heavy atom. The molecule has 24 heavy (non-hydrogen) atoms. The zero-order valence-corrected chi connectivity index (χ0v) is 15.4. The second-order valence-corrected chi connectivity index (χ2v) is 6.45. The first-order chi connectivity index (χ1) is 11.4. The monoisotopic (exact) mass is 334 g/mol. The highest BCUT2D eigenvalue weighted by Crippen LogP contribution is 2.08. The molecule has 134 valence electrons. The molecular weight excluding hydrogens is 304 g/mol. The van der Waals surface area contributed by atoms with Crippen molar-refractivity contribution in [2.24, 2.45) is 4.99 Å². The van der Waals surface area contributed by atoms with Crippen molar-refractivity contribution in [2.45, 2.75) is 39.8 Å². The van der Waals surface area contributed by atoms with Crippen molar-refractivity contribution in [3.63, 3.8) is 0 Å². The number of benzene rings is 1. The summed E-state index contributed by atoms with van der Waals surface area (Å²) in [5.74, 6) is 0.642. The van der Waals surface area contributed by atoms with Crippen LogP contribution in [-0.2, 0) is 11.3 Å². The Bertz CT molecular complexity index is 550. The Morgan fingerprint density at radius 1 is 1.25 bits per heavy atom. The highest BCUT2D eigenvalue weighted by atomic mass is 16.5. The maximum Gasteiger partial charge on any atom is 0.251 e. The molecule has 1 aromatic carbocycles. The van der Waals surface area contributed by atoms with E-state index in [-0.39, 0.29) is 11.4 Å². The van der Waals surface area contributed by atoms with Gasteiger partial charge >= 0.3 is 0 Å². The normalized spacial score (nSPS) is 12.0. The summed E-state index contributed by atoms with van der Waals surface area (Å²) >= 11 is 0. The molecule has 0 aliphatic rings. The van der Waals surface area contributed by atoms with Crippen LogP contribution in [0.1, 0.15) is 43.6 Å². The van der Waals surface area contributed by atoms with E-state index in [0.29, 0.717) is 37.8 Å². The number of nitrogens with one attached hydrogen (secondary N) is 3. The van der Waals surface area contributed by atoms with Gasteiger partial charge in [-0.2, -0.15) is 0 Å². The summed E-state index contributed by atoms with van der Waals surface area (Å²) in [5.41, 5.74) is 1.42. The number of guanidine groups is 1. The van der Waals surface area contributed by atoms with Crippen molar-refractivity contribution in [1.82, 2.24) is 16.0 Å². The van der Waals surface area contributed by atoms with Crippen molar-refractivity contribution >= 4 is 11.9 Å². The number of hydrogen-bond acceptors (Lipinski definition) is 3. The summed E-state index contributed by atoms with van der Waals surface area (Å²) in [6.07, 6.45) is 0. The fourth-order valence-corrected chi connectivity index (χ4v) is 2.03. The van der Waals surface area contributed by atoms with Crippen molar-refractivity contribution in [2.75, 3.05) is 26.8 Å². The summed E-state index contributed by atoms with van der Waals surface area (Å²) in [6.45, 7) is 10.5. The topological polar surface area (TPSA) is 74.8 Å². The van der Waals surface area contributed by atoms with Gasteiger partial charge in [0.25, 0.3) is 5.91 Å². The Morgan fingerprint density at radius 2 is 2.00 bits per heavy atom. The van der Waals surface area contributed by atoms with Crippen molar-refractivity contribution in [1.29, 1.82) is 0 Å². The minimum absolute atomic E-state index is 0.0661. The van der Waals surface area contributed by atoms with Crippen LogP contribution in [0.15, 0.2) is 29.3 Å². The first kappa shape index (κ1) is 20.0. The fraction of sp³-hybridized carbons (Fsp3) is 0.556. The van der Waals surface area contributed by atoms with Crippen LogP contribution < -0.4 is 16.0 Å². The van der Waals surface area contributed by atoms with E-state index < -0.39 is 0 Å². The Labute approximate surface area is 145 Å². The van der Waals surface area contributed by atoms with Crippen molar-refractivity contribution < 1.29 is 9.53 Å². The minimum Gasteiger partial charge on any atom is -0.380 e. The molecule has 1 amide bonds. The lowest BCUT2D eigenvalue weighted by atomic mass is 10.1. The van der Waals surface area contributed by atoms with Gasteiger partial charge < -0.3 is 20.7 Å². The number of nitrogens with zero attached hydrogens (tertiary/aromatic N) is 1. The molecule has 3 N–H and O–H groups in total. The molecule has 0 unspecified atom stereocenters. The minimum atomic E-state index is -0.252. The average Bonchev–Trinajstić information content (AvgIpc) is 2.53. The zero-order chi connectivity index (χ0) is 18.0. The first-order valence-electron chi connectivity index (χ1n) is 8.29. The Kier molecular flexibility index (Phi) is 8.26. The Hall–Kier alpha value is -2.08. The van der Waals surface area contributed by atoms with Gasteiger partial charge in [-0.05, 0) is 45.4 Å². The van der Waals surface area contributed by atoms with Crippen LogP contribution in [0, 0.1) is 0 Å². The molecule has 1 aromatic rings. The van der Waals surface area contributed by atoms with E-state index in [9.17, 15) is 4.79 Å². The molecule has 0 radical (unpaired) electrons. The van der Waals surface area contributed by atoms with Gasteiger partial charge in [0.15, 0.2) is 5.96 Å². The largest absolute Gasteiger partial charge is 0.380 e. The van der Waals surface area contributed by atoms with E-state index in [1.807, 2.05) is 52.0 Å². The SMILES string of the molecule is CCOCCNC(=NC)NCc1cccc(C(=O)NC(C)(C)C)c1. The molecule has 0 atom stereocenters. The number of carbonyl (C=O) groups excluding carboxylic acids is 1. The number of hydrogen-bond donors (Lipinski definition) is 3. The molecule has 1 rings (SSSR count). The van der Waals surface area contributed by atoms with Gasteiger partial charge in [0, 0.05) is 37.8 Å². The van der Waals surface area contributed by atoms with Gasteiger partial charge in [-0.1, -0.05) is 12.1 Å². The number of rotatable bonds is 7. The smallest absolute Gasteiger partial charge is 0.251 e. The van der Waals surface area contributed by atoms with Crippen LogP contribution in [0.3, 0.4) is 0 Å². The highest BCUT2D eigenvalue weighted by molar-refractivity contribution is 5.94. The third-order valence-electron chi connectivity index (χ3n) is 3.10. The lowest BCUT2D eigenvalue weighted by molar-refractivity contribution is 0.0919.